The highest BCUT2D eigenvalue weighted by molar-refractivity contribution is 5.99. The summed E-state index contributed by atoms with van der Waals surface area (Å²) in [5, 5.41) is 14.1. The van der Waals surface area contributed by atoms with Crippen molar-refractivity contribution < 1.29 is 23.8 Å². The number of carboxylic acid groups (broad SMARTS) is 1. The van der Waals surface area contributed by atoms with Crippen LogP contribution in [-0.4, -0.2) is 53.6 Å². The van der Waals surface area contributed by atoms with E-state index in [1.54, 1.807) is 25.4 Å². The zero-order valence-electron chi connectivity index (χ0n) is 18.3. The number of ether oxygens (including phenoxy) is 2. The molecule has 0 saturated heterocycles. The third-order valence-electron chi connectivity index (χ3n) is 6.44. The maximum atomic E-state index is 15.3. The van der Waals surface area contributed by atoms with Crippen LogP contribution in [0.15, 0.2) is 24.5 Å². The number of benzene rings is 1. The number of pyridine rings is 2. The van der Waals surface area contributed by atoms with Crippen molar-refractivity contribution in [2.75, 3.05) is 36.2 Å². The molecule has 2 aromatic heterocycles. The zero-order chi connectivity index (χ0) is 23.3. The minimum Gasteiger partial charge on any atom is -0.474 e. The Hall–Kier alpha value is -3.66. The minimum absolute atomic E-state index is 0.0331. The van der Waals surface area contributed by atoms with Crippen molar-refractivity contribution in [1.29, 1.82) is 0 Å². The molecule has 2 aliphatic rings. The van der Waals surface area contributed by atoms with Crippen LogP contribution in [0.25, 0.3) is 21.9 Å². The van der Waals surface area contributed by atoms with Gasteiger partial charge in [-0.25, -0.2) is 19.2 Å². The van der Waals surface area contributed by atoms with Crippen molar-refractivity contribution in [2.24, 2.45) is 0 Å². The molecule has 1 aliphatic heterocycles. The molecule has 0 radical (unpaired) electrons. The Balaban J connectivity index is 1.61. The van der Waals surface area contributed by atoms with Crippen LogP contribution in [-0.2, 0) is 4.74 Å². The molecule has 33 heavy (non-hydrogen) atoms. The lowest BCUT2D eigenvalue weighted by Gasteiger charge is -2.40. The molecule has 1 amide bonds. The van der Waals surface area contributed by atoms with Crippen LogP contribution in [0.1, 0.15) is 18.4 Å². The van der Waals surface area contributed by atoms with Crippen molar-refractivity contribution in [1.82, 2.24) is 9.97 Å². The highest BCUT2D eigenvalue weighted by atomic mass is 19.1. The molecule has 4 N–H and O–H groups in total. The predicted octanol–water partition coefficient (Wildman–Crippen LogP) is 3.79. The van der Waals surface area contributed by atoms with Crippen LogP contribution in [0.5, 0.6) is 5.88 Å². The van der Waals surface area contributed by atoms with E-state index in [-0.39, 0.29) is 29.2 Å². The number of methoxy groups -OCH3 is 1. The predicted molar refractivity (Wildman–Crippen MR) is 122 cm³/mol. The van der Waals surface area contributed by atoms with Crippen molar-refractivity contribution >= 4 is 34.1 Å². The first-order valence-electron chi connectivity index (χ1n) is 10.7. The van der Waals surface area contributed by atoms with Crippen molar-refractivity contribution in [2.45, 2.75) is 31.9 Å². The minimum atomic E-state index is -1.10. The van der Waals surface area contributed by atoms with Crippen molar-refractivity contribution in [3.8, 4) is 17.0 Å². The van der Waals surface area contributed by atoms with E-state index in [2.05, 4.69) is 15.3 Å². The second-order valence-electron chi connectivity index (χ2n) is 8.30. The number of nitrogen functional groups attached to an aromatic ring is 1. The molecule has 10 heteroatoms. The Morgan fingerprint density at radius 1 is 1.30 bits per heavy atom. The van der Waals surface area contributed by atoms with Crippen LogP contribution < -0.4 is 20.7 Å². The quantitative estimate of drug-likeness (QED) is 0.510. The number of halogens is 1. The summed E-state index contributed by atoms with van der Waals surface area (Å²) in [4.78, 5) is 21.8. The molecule has 3 aromatic rings. The van der Waals surface area contributed by atoms with E-state index in [0.29, 0.717) is 48.2 Å². The smallest absolute Gasteiger partial charge is 0.413 e. The second-order valence-corrected chi connectivity index (χ2v) is 8.30. The Kier molecular flexibility index (Phi) is 5.16. The number of aromatic nitrogens is 2. The first kappa shape index (κ1) is 21.2. The van der Waals surface area contributed by atoms with Gasteiger partial charge in [-0.2, -0.15) is 0 Å². The third kappa shape index (κ3) is 3.46. The van der Waals surface area contributed by atoms with Crippen LogP contribution in [0.4, 0.5) is 26.4 Å². The van der Waals surface area contributed by atoms with Gasteiger partial charge in [0.05, 0.1) is 11.8 Å². The van der Waals surface area contributed by atoms with Crippen LogP contribution in [0.2, 0.25) is 0 Å². The number of rotatable bonds is 4. The third-order valence-corrected chi connectivity index (χ3v) is 6.44. The summed E-state index contributed by atoms with van der Waals surface area (Å²) in [7, 11) is 1.61. The molecule has 1 aromatic carbocycles. The van der Waals surface area contributed by atoms with E-state index >= 15 is 4.39 Å². The molecule has 172 valence electrons. The van der Waals surface area contributed by atoms with Gasteiger partial charge in [-0.3, -0.25) is 4.90 Å². The van der Waals surface area contributed by atoms with Gasteiger partial charge >= 0.3 is 6.09 Å². The Labute approximate surface area is 189 Å². The van der Waals surface area contributed by atoms with E-state index in [1.165, 1.54) is 11.1 Å². The summed E-state index contributed by atoms with van der Waals surface area (Å²) < 4.78 is 26.2. The standard InChI is InChI=1S/C23H24FN5O4/c1-11-16(9-28-22-21(11)26-3-4-33-22)15-5-12-6-18(27-10-17(12)20(25)19(15)24)29(23(30)31)13-7-14(8-13)32-2/h5-6,9-10,13-14,26H,3-4,7-8,25H2,1-2H3,(H,30,31). The Morgan fingerprint density at radius 2 is 2.09 bits per heavy atom. The number of hydrogen-bond acceptors (Lipinski definition) is 7. The van der Waals surface area contributed by atoms with Gasteiger partial charge in [0.1, 0.15) is 18.1 Å². The molecule has 9 nitrogen and oxygen atoms in total. The summed E-state index contributed by atoms with van der Waals surface area (Å²) in [5.41, 5.74) is 8.46. The lowest BCUT2D eigenvalue weighted by atomic mass is 9.88. The van der Waals surface area contributed by atoms with E-state index in [0.717, 1.165) is 11.3 Å². The fourth-order valence-corrected chi connectivity index (χ4v) is 4.49. The molecular formula is C23H24FN5O4. The van der Waals surface area contributed by atoms with Gasteiger partial charge in [0.2, 0.25) is 5.88 Å². The summed E-state index contributed by atoms with van der Waals surface area (Å²) >= 11 is 0. The van der Waals surface area contributed by atoms with E-state index in [4.69, 9.17) is 15.2 Å². The summed E-state index contributed by atoms with van der Waals surface area (Å²) in [6.45, 7) is 3.01. The highest BCUT2D eigenvalue weighted by Gasteiger charge is 2.38. The highest BCUT2D eigenvalue weighted by Crippen LogP contribution is 2.40. The number of nitrogens with two attached hydrogens (primary N) is 1. The number of anilines is 3. The largest absolute Gasteiger partial charge is 0.474 e. The molecule has 5 rings (SSSR count). The monoisotopic (exact) mass is 453 g/mol. The van der Waals surface area contributed by atoms with Gasteiger partial charge in [-0.15, -0.1) is 0 Å². The summed E-state index contributed by atoms with van der Waals surface area (Å²) in [6.07, 6.45) is 3.10. The van der Waals surface area contributed by atoms with E-state index in [9.17, 15) is 9.90 Å². The second kappa shape index (κ2) is 8.04. The van der Waals surface area contributed by atoms with Gasteiger partial charge in [0.15, 0.2) is 5.82 Å². The van der Waals surface area contributed by atoms with Gasteiger partial charge in [-0.05, 0) is 42.8 Å². The lowest BCUT2D eigenvalue weighted by molar-refractivity contribution is 0.0257. The Morgan fingerprint density at radius 3 is 2.82 bits per heavy atom. The van der Waals surface area contributed by atoms with Crippen molar-refractivity contribution in [3.63, 3.8) is 0 Å². The molecule has 1 fully saturated rings. The number of nitrogens with zero attached hydrogens (tertiary/aromatic N) is 3. The number of nitrogens with one attached hydrogen (secondary N) is 1. The number of fused-ring (bicyclic) bond motifs is 2. The molecule has 1 saturated carbocycles. The van der Waals surface area contributed by atoms with Gasteiger partial charge in [-0.1, -0.05) is 0 Å². The molecule has 0 bridgehead atoms. The van der Waals surface area contributed by atoms with Crippen LogP contribution in [0.3, 0.4) is 0 Å². The van der Waals surface area contributed by atoms with E-state index < -0.39 is 11.9 Å². The molecular weight excluding hydrogens is 429 g/mol. The van der Waals surface area contributed by atoms with Crippen LogP contribution in [0, 0.1) is 12.7 Å². The summed E-state index contributed by atoms with van der Waals surface area (Å²) in [5.74, 6) is 0.174. The van der Waals surface area contributed by atoms with E-state index in [1.807, 2.05) is 6.92 Å². The number of carbonyl (C=O) groups is 1. The average molecular weight is 453 g/mol. The maximum Gasteiger partial charge on any atom is 0.413 e. The van der Waals surface area contributed by atoms with Gasteiger partial charge in [0, 0.05) is 48.6 Å². The maximum absolute atomic E-state index is 15.3. The van der Waals surface area contributed by atoms with Gasteiger partial charge in [0.25, 0.3) is 0 Å². The SMILES string of the molecule is COC1CC(N(C(=O)O)c2cc3cc(-c4cnc5c(c4C)NCCO5)c(F)c(N)c3cn2)C1. The van der Waals surface area contributed by atoms with Crippen molar-refractivity contribution in [3.05, 3.63) is 35.9 Å². The average Bonchev–Trinajstić information content (AvgIpc) is 2.78. The molecule has 0 spiro atoms. The summed E-state index contributed by atoms with van der Waals surface area (Å²) in [6, 6.07) is 3.06. The molecule has 3 heterocycles. The fourth-order valence-electron chi connectivity index (χ4n) is 4.49. The van der Waals surface area contributed by atoms with Crippen LogP contribution >= 0.6 is 0 Å². The first-order chi connectivity index (χ1) is 15.9. The van der Waals surface area contributed by atoms with Gasteiger partial charge < -0.3 is 25.6 Å². The topological polar surface area (TPSA) is 123 Å². The normalized spacial score (nSPS) is 19.2. The number of hydrogen-bond donors (Lipinski definition) is 3. The fraction of sp³-hybridized carbons (Fsp3) is 0.348. The molecule has 0 atom stereocenters. The molecule has 0 unspecified atom stereocenters. The first-order valence-corrected chi connectivity index (χ1v) is 10.7. The number of amides is 1. The Bertz CT molecular complexity index is 1260. The zero-order valence-corrected chi connectivity index (χ0v) is 18.3. The molecule has 1 aliphatic carbocycles. The lowest BCUT2D eigenvalue weighted by Crippen LogP contribution is -2.50.